The summed E-state index contributed by atoms with van der Waals surface area (Å²) in [6.07, 6.45) is 3.31. The Morgan fingerprint density at radius 1 is 1.05 bits per heavy atom. The van der Waals surface area contributed by atoms with E-state index >= 15 is 0 Å². The second-order valence-corrected chi connectivity index (χ2v) is 10.1. The van der Waals surface area contributed by atoms with Gasteiger partial charge in [0.1, 0.15) is 17.8 Å². The third kappa shape index (κ3) is 8.87. The zero-order valence-corrected chi connectivity index (χ0v) is 23.7. The summed E-state index contributed by atoms with van der Waals surface area (Å²) in [5, 5.41) is 13.3. The minimum absolute atomic E-state index is 0.0104. The number of hydroxylamine groups is 2. The average molecular weight is 584 g/mol. The van der Waals surface area contributed by atoms with Crippen molar-refractivity contribution in [1.29, 1.82) is 0 Å². The highest BCUT2D eigenvalue weighted by Crippen LogP contribution is 2.25. The fourth-order valence-electron chi connectivity index (χ4n) is 4.91. The van der Waals surface area contributed by atoms with Gasteiger partial charge in [-0.2, -0.15) is 4.98 Å². The van der Waals surface area contributed by atoms with Gasteiger partial charge in [0.25, 0.3) is 5.91 Å². The van der Waals surface area contributed by atoms with Crippen molar-refractivity contribution in [2.45, 2.75) is 64.0 Å². The third-order valence-corrected chi connectivity index (χ3v) is 7.06. The molecule has 0 radical (unpaired) electrons. The van der Waals surface area contributed by atoms with Gasteiger partial charge in [-0.1, -0.05) is 30.3 Å². The molecular formula is C29H37N5O8. The van der Waals surface area contributed by atoms with E-state index in [1.54, 1.807) is 11.8 Å². The van der Waals surface area contributed by atoms with Crippen LogP contribution >= 0.6 is 0 Å². The molecule has 2 N–H and O–H groups in total. The number of amides is 2. The number of carboxylic acids is 1. The molecule has 1 aromatic carbocycles. The van der Waals surface area contributed by atoms with E-state index in [1.165, 1.54) is 11.1 Å². The van der Waals surface area contributed by atoms with E-state index in [-0.39, 0.29) is 75.6 Å². The number of rotatable bonds is 12. The maximum Gasteiger partial charge on any atom is 0.527 e. The number of benzene rings is 1. The minimum atomic E-state index is -0.991. The zero-order chi connectivity index (χ0) is 29.9. The highest BCUT2D eigenvalue weighted by atomic mass is 16.8. The van der Waals surface area contributed by atoms with Gasteiger partial charge in [-0.25, -0.2) is 9.78 Å². The number of piperazine rings is 1. The highest BCUT2D eigenvalue weighted by Gasteiger charge is 2.31. The Morgan fingerprint density at radius 3 is 2.43 bits per heavy atom. The van der Waals surface area contributed by atoms with E-state index in [0.717, 1.165) is 25.7 Å². The molecule has 42 heavy (non-hydrogen) atoms. The van der Waals surface area contributed by atoms with Crippen LogP contribution in [-0.2, 0) is 19.2 Å². The molecule has 0 unspecified atom stereocenters. The molecule has 0 bridgehead atoms. The second-order valence-electron chi connectivity index (χ2n) is 10.1. The molecule has 2 fully saturated rings. The number of nitrogens with one attached hydrogen (secondary N) is 1. The lowest BCUT2D eigenvalue weighted by Crippen LogP contribution is -2.55. The van der Waals surface area contributed by atoms with E-state index in [1.807, 2.05) is 30.3 Å². The van der Waals surface area contributed by atoms with Crippen LogP contribution in [0.4, 0.5) is 4.79 Å². The fraction of sp³-hybridized carbons (Fsp3) is 0.517. The summed E-state index contributed by atoms with van der Waals surface area (Å²) >= 11 is 0. The number of carbonyl (C=O) groups is 4. The lowest BCUT2D eigenvalue weighted by atomic mass is 10.1. The molecule has 2 aliphatic rings. The van der Waals surface area contributed by atoms with Crippen molar-refractivity contribution in [3.63, 3.8) is 0 Å². The van der Waals surface area contributed by atoms with Gasteiger partial charge >= 0.3 is 12.1 Å². The molecule has 0 spiro atoms. The summed E-state index contributed by atoms with van der Waals surface area (Å²) < 4.78 is 10.9. The highest BCUT2D eigenvalue weighted by molar-refractivity contribution is 5.96. The molecule has 1 saturated heterocycles. The first kappa shape index (κ1) is 30.7. The third-order valence-electron chi connectivity index (χ3n) is 7.06. The first-order valence-corrected chi connectivity index (χ1v) is 14.3. The fourth-order valence-corrected chi connectivity index (χ4v) is 4.91. The standard InChI is InChI=1S/C29H37N5O8/c1-2-40-29(39)42-34-17-15-33(16-18-34)28(38)22(13-8-14-25(35)36)31-27(37)23-19-24(41-21-11-6-7-12-21)32-26(30-23)20-9-4-3-5-10-20/h3-5,9-10,19,21-22H,2,6-8,11-18H2,1H3,(H,31,37)(H,35,36)/t22-/m0/s1. The first-order valence-electron chi connectivity index (χ1n) is 14.3. The second kappa shape index (κ2) is 15.1. The van der Waals surface area contributed by atoms with E-state index in [2.05, 4.69) is 15.3 Å². The SMILES string of the molecule is CCOC(=O)ON1CCN(C(=O)[C@H](CCCC(=O)O)NC(=O)c2cc(OC3CCCC3)nc(-c3ccccc3)n2)CC1. The predicted octanol–water partition coefficient (Wildman–Crippen LogP) is 3.05. The molecule has 4 rings (SSSR count). The van der Waals surface area contributed by atoms with Crippen LogP contribution in [0.3, 0.4) is 0 Å². The smallest absolute Gasteiger partial charge is 0.481 e. The Kier molecular flexibility index (Phi) is 11.0. The van der Waals surface area contributed by atoms with E-state index in [9.17, 15) is 19.2 Å². The Hall–Kier alpha value is -4.26. The predicted molar refractivity (Wildman–Crippen MR) is 149 cm³/mol. The van der Waals surface area contributed by atoms with Crippen LogP contribution in [-0.4, -0.2) is 93.9 Å². The molecule has 1 aliphatic carbocycles. The van der Waals surface area contributed by atoms with Gasteiger partial charge in [0.05, 0.1) is 19.7 Å². The number of hydrogen-bond acceptors (Lipinski definition) is 10. The van der Waals surface area contributed by atoms with Crippen LogP contribution in [0.2, 0.25) is 0 Å². The molecule has 1 saturated carbocycles. The largest absolute Gasteiger partial charge is 0.527 e. The topological polar surface area (TPSA) is 160 Å². The van der Waals surface area contributed by atoms with Gasteiger partial charge in [0, 0.05) is 31.1 Å². The molecule has 2 aromatic rings. The number of carbonyl (C=O) groups excluding carboxylic acids is 3. The summed E-state index contributed by atoms with van der Waals surface area (Å²) in [6, 6.07) is 9.72. The van der Waals surface area contributed by atoms with E-state index in [0.29, 0.717) is 11.4 Å². The summed E-state index contributed by atoms with van der Waals surface area (Å²) in [5.41, 5.74) is 0.751. The molecule has 13 heteroatoms. The Labute approximate surface area is 244 Å². The zero-order valence-electron chi connectivity index (χ0n) is 23.7. The Balaban J connectivity index is 1.49. The minimum Gasteiger partial charge on any atom is -0.481 e. The number of ether oxygens (including phenoxy) is 2. The maximum atomic E-state index is 13.5. The number of nitrogens with zero attached hydrogens (tertiary/aromatic N) is 4. The molecule has 2 amide bonds. The van der Waals surface area contributed by atoms with Crippen molar-refractivity contribution in [2.75, 3.05) is 32.8 Å². The maximum absolute atomic E-state index is 13.5. The molecule has 1 atom stereocenters. The molecule has 2 heterocycles. The van der Waals surface area contributed by atoms with E-state index < -0.39 is 24.1 Å². The monoisotopic (exact) mass is 583 g/mol. The summed E-state index contributed by atoms with van der Waals surface area (Å²) in [5.74, 6) is -1.34. The van der Waals surface area contributed by atoms with Crippen LogP contribution in [0.15, 0.2) is 36.4 Å². The van der Waals surface area contributed by atoms with Gasteiger partial charge < -0.3 is 29.6 Å². The number of aliphatic carboxylic acids is 1. The van der Waals surface area contributed by atoms with Crippen LogP contribution in [0.5, 0.6) is 5.88 Å². The molecule has 1 aliphatic heterocycles. The van der Waals surface area contributed by atoms with Crippen molar-refractivity contribution < 1.29 is 38.6 Å². The van der Waals surface area contributed by atoms with Crippen molar-refractivity contribution in [3.05, 3.63) is 42.1 Å². The Morgan fingerprint density at radius 2 is 1.76 bits per heavy atom. The number of hydrogen-bond donors (Lipinski definition) is 2. The van der Waals surface area contributed by atoms with Gasteiger partial charge in [-0.05, 0) is 45.4 Å². The average Bonchev–Trinajstić information content (AvgIpc) is 3.50. The lowest BCUT2D eigenvalue weighted by Gasteiger charge is -2.35. The van der Waals surface area contributed by atoms with Gasteiger partial charge in [-0.15, -0.1) is 5.06 Å². The summed E-state index contributed by atoms with van der Waals surface area (Å²) in [7, 11) is 0. The molecule has 13 nitrogen and oxygen atoms in total. The number of aromatic nitrogens is 2. The number of carboxylic acid groups (broad SMARTS) is 1. The molecular weight excluding hydrogens is 546 g/mol. The van der Waals surface area contributed by atoms with Crippen molar-refractivity contribution >= 4 is 23.9 Å². The van der Waals surface area contributed by atoms with Gasteiger partial charge in [-0.3, -0.25) is 14.4 Å². The Bertz CT molecular complexity index is 1230. The summed E-state index contributed by atoms with van der Waals surface area (Å²) in [6.45, 7) is 2.86. The molecule has 1 aromatic heterocycles. The summed E-state index contributed by atoms with van der Waals surface area (Å²) in [4.78, 5) is 65.5. The quantitative estimate of drug-likeness (QED) is 0.353. The van der Waals surface area contributed by atoms with Crippen molar-refractivity contribution in [3.8, 4) is 17.3 Å². The van der Waals surface area contributed by atoms with E-state index in [4.69, 9.17) is 19.4 Å². The van der Waals surface area contributed by atoms with Crippen molar-refractivity contribution in [2.24, 2.45) is 0 Å². The van der Waals surface area contributed by atoms with Gasteiger partial charge in [0.15, 0.2) is 5.82 Å². The van der Waals surface area contributed by atoms with Crippen LogP contribution in [0.25, 0.3) is 11.4 Å². The van der Waals surface area contributed by atoms with Gasteiger partial charge in [0.2, 0.25) is 11.8 Å². The normalized spacial score (nSPS) is 16.5. The van der Waals surface area contributed by atoms with Crippen LogP contribution in [0.1, 0.15) is 62.4 Å². The van der Waals surface area contributed by atoms with Crippen LogP contribution < -0.4 is 10.1 Å². The first-order chi connectivity index (χ1) is 20.3. The lowest BCUT2D eigenvalue weighted by molar-refractivity contribution is -0.157. The van der Waals surface area contributed by atoms with Crippen LogP contribution in [0, 0.1) is 0 Å². The van der Waals surface area contributed by atoms with Crippen molar-refractivity contribution in [1.82, 2.24) is 25.2 Å². The molecule has 226 valence electrons.